The second kappa shape index (κ2) is 45.9. The third kappa shape index (κ3) is 28.6. The van der Waals surface area contributed by atoms with Gasteiger partial charge in [0.1, 0.15) is 0 Å². The molecule has 24 nitrogen and oxygen atoms in total. The largest absolute Gasteiger partial charge is 0.488 e. The first-order valence-corrected chi connectivity index (χ1v) is 41.1. The molecule has 4 aliphatic rings. The second-order valence-corrected chi connectivity index (χ2v) is 34.0. The van der Waals surface area contributed by atoms with Crippen molar-refractivity contribution in [3.8, 4) is 22.3 Å². The molecule has 5 aromatic rings. The number of halogens is 2. The minimum atomic E-state index is -1.66. The van der Waals surface area contributed by atoms with Gasteiger partial charge in [-0.15, -0.1) is 0 Å². The first-order valence-electron chi connectivity index (χ1n) is 40.4. The lowest BCUT2D eigenvalue weighted by molar-refractivity contribution is -0.199. The minimum absolute atomic E-state index is 0.0168. The van der Waals surface area contributed by atoms with Crippen LogP contribution in [0.1, 0.15) is 187 Å². The maximum absolute atomic E-state index is 13.8. The number of amides is 4. The van der Waals surface area contributed by atoms with Crippen molar-refractivity contribution in [2.45, 2.75) is 214 Å². The quantitative estimate of drug-likeness (QED) is 0.0128. The summed E-state index contributed by atoms with van der Waals surface area (Å²) in [6.07, 6.45) is 3.14. The molecule has 4 amide bonds. The van der Waals surface area contributed by atoms with Crippen LogP contribution < -0.4 is 49.7 Å². The number of rotatable bonds is 43. The number of carbonyl (C=O) groups excluding carboxylic acids is 10. The van der Waals surface area contributed by atoms with Gasteiger partial charge in [0.15, 0.2) is 34.7 Å². The molecule has 14 atom stereocenters. The Morgan fingerprint density at radius 2 is 0.835 bits per heavy atom. The molecule has 0 aromatic heterocycles. The van der Waals surface area contributed by atoms with Gasteiger partial charge in [0, 0.05) is 83.4 Å². The van der Waals surface area contributed by atoms with Crippen LogP contribution in [0.5, 0.6) is 0 Å². The van der Waals surface area contributed by atoms with Crippen LogP contribution in [0.4, 0.5) is 0 Å². The number of carbonyl (C=O) groups is 10. The van der Waals surface area contributed by atoms with Crippen molar-refractivity contribution < 1.29 is 77.4 Å². The van der Waals surface area contributed by atoms with Crippen molar-refractivity contribution in [1.29, 1.82) is 0 Å². The van der Waals surface area contributed by atoms with Gasteiger partial charge in [-0.2, -0.15) is 0 Å². The van der Waals surface area contributed by atoms with Crippen LogP contribution in [-0.2, 0) is 47.7 Å². The highest BCUT2D eigenvalue weighted by molar-refractivity contribution is 6.58. The van der Waals surface area contributed by atoms with E-state index in [-0.39, 0.29) is 154 Å². The summed E-state index contributed by atoms with van der Waals surface area (Å²) in [6.45, 7) is 21.8. The van der Waals surface area contributed by atoms with E-state index in [4.69, 9.17) is 65.5 Å². The molecular formula is C86H121B3Cl2N8O16. The van der Waals surface area contributed by atoms with Gasteiger partial charge >= 0.3 is 21.4 Å². The number of hydrogen-bond acceptors (Lipinski definition) is 20. The van der Waals surface area contributed by atoms with Crippen LogP contribution in [-0.4, -0.2) is 162 Å². The van der Waals surface area contributed by atoms with Crippen molar-refractivity contribution in [3.05, 3.63) is 149 Å². The Morgan fingerprint density at radius 1 is 0.470 bits per heavy atom. The van der Waals surface area contributed by atoms with Gasteiger partial charge in [-0.25, -0.2) is 0 Å². The molecule has 16 N–H and O–H groups in total. The molecule has 1 aliphatic heterocycles. The van der Waals surface area contributed by atoms with E-state index in [2.05, 4.69) is 42.0 Å². The number of Topliss-reactive ketones (excluding diaryl/α,β-unsaturated/α-hetero) is 6. The SMILES string of the molecule is CC(C)C[C@H](NC(=O)[C@H](C)CC(=O)[C@H](CCN)NC(=O)[C@H](CCN)CC(=O)c1ccc(-c2ccc(Cl)cc2)cc1)C(=O)C[C@@H](C)B(O)O.CC(C)C[C@H](NC(=O)[C@H](C)CC(=O)[C@H](CCN)NC(=O)[C@H](CCN)CC(=O)c1ccc(-c2ccc(Cl)cc2)cc1)C(=O)C[C@@H](C)B1OC2C[C@@H]3C[C@@H](C3(C)C)[C@]2(C)O1.OB(O)c1ccccc1. The van der Waals surface area contributed by atoms with Crippen molar-refractivity contribution >= 4 is 108 Å². The summed E-state index contributed by atoms with van der Waals surface area (Å²) in [5, 5.41) is 48.4. The van der Waals surface area contributed by atoms with Gasteiger partial charge in [0.25, 0.3) is 0 Å². The average Bonchev–Trinajstić information content (AvgIpc) is 1.60. The van der Waals surface area contributed by atoms with Crippen molar-refractivity contribution in [1.82, 2.24) is 21.3 Å². The monoisotopic (exact) mass is 1620 g/mol. The topological polar surface area (TPSA) is 422 Å². The van der Waals surface area contributed by atoms with E-state index in [1.807, 2.05) is 89.2 Å². The highest BCUT2D eigenvalue weighted by Crippen LogP contribution is 2.66. The third-order valence-corrected chi connectivity index (χ3v) is 23.1. The Morgan fingerprint density at radius 3 is 1.18 bits per heavy atom. The van der Waals surface area contributed by atoms with Crippen LogP contribution in [0, 0.1) is 52.8 Å². The van der Waals surface area contributed by atoms with E-state index in [0.29, 0.717) is 51.3 Å². The minimum Gasteiger partial charge on any atom is -0.427 e. The molecule has 0 radical (unpaired) electrons. The molecule has 624 valence electrons. The van der Waals surface area contributed by atoms with Gasteiger partial charge in [0.2, 0.25) is 23.6 Å². The average molecular weight is 1630 g/mol. The number of ketones is 6. The summed E-state index contributed by atoms with van der Waals surface area (Å²) in [5.41, 5.74) is 28.2. The lowest BCUT2D eigenvalue weighted by Gasteiger charge is -2.64. The molecule has 3 aliphatic carbocycles. The highest BCUT2D eigenvalue weighted by atomic mass is 35.5. The molecule has 29 heteroatoms. The van der Waals surface area contributed by atoms with Gasteiger partial charge in [-0.05, 0) is 177 Å². The standard InChI is InChI=1S/C45H64BClN4O7.C35H50BClN4O7.C6H7BO2/c1-26(2)20-36(39(54)22-28(4)46-57-41-25-33-24-40(44(33,5)6)45(41,7)58-46)51-42(55)27(3)21-38(53)35(17-19-49)50-43(56)32(16-18-48)23-37(52)31-10-8-29(9-11-31)30-12-14-34(47)15-13-30;1-21(2)17-30(33(44)19-23(4)36(47)48)41-34(45)22(3)18-32(43)29(14-16-39)40-35(46)27(13-15-38)20-31(42)26-7-5-24(6-8-26)25-9-11-28(37)12-10-25;8-7(9)6-4-2-1-3-5-6/h8-15,26-28,32-33,35-36,40-41H,16-25,48-49H2,1-7H3,(H,50,56)(H,51,55);5-12,21-23,27,29-30,47-48H,13-20,38-39H2,1-4H3,(H,40,46)(H,41,45);1-5,8-9H/t27-,28-,32-,33+,35+,36+,40+,41?,45+;22-,23-,27-,29+,30+;/m11./s1. The van der Waals surface area contributed by atoms with Crippen LogP contribution in [0.15, 0.2) is 127 Å². The van der Waals surface area contributed by atoms with Crippen LogP contribution in [0.2, 0.25) is 21.7 Å². The van der Waals surface area contributed by atoms with Crippen molar-refractivity contribution in [3.63, 3.8) is 0 Å². The number of nitrogens with two attached hydrogens (primary N) is 4. The Labute approximate surface area is 689 Å². The number of hydrogen-bond donors (Lipinski definition) is 12. The predicted molar refractivity (Wildman–Crippen MR) is 452 cm³/mol. The van der Waals surface area contributed by atoms with Crippen LogP contribution >= 0.6 is 23.2 Å². The first-order chi connectivity index (χ1) is 54.3. The zero-order chi connectivity index (χ0) is 85.2. The van der Waals surface area contributed by atoms with Gasteiger partial charge in [-0.1, -0.05) is 196 Å². The van der Waals surface area contributed by atoms with Crippen LogP contribution in [0.25, 0.3) is 22.3 Å². The van der Waals surface area contributed by atoms with Crippen molar-refractivity contribution in [2.24, 2.45) is 75.7 Å². The van der Waals surface area contributed by atoms with E-state index in [0.717, 1.165) is 35.1 Å². The predicted octanol–water partition coefficient (Wildman–Crippen LogP) is 9.28. The summed E-state index contributed by atoms with van der Waals surface area (Å²) in [4.78, 5) is 134. The molecule has 5 aromatic carbocycles. The molecule has 0 spiro atoms. The van der Waals surface area contributed by atoms with E-state index < -0.39 is 104 Å². The zero-order valence-corrected chi connectivity index (χ0v) is 70.0. The van der Waals surface area contributed by atoms with E-state index in [1.54, 1.807) is 86.6 Å². The molecule has 1 unspecified atom stereocenters. The maximum Gasteiger partial charge on any atom is 0.488 e. The Balaban J connectivity index is 0.000000326. The molecule has 1 saturated heterocycles. The first kappa shape index (κ1) is 96.2. The molecule has 3 saturated carbocycles. The normalized spacial score (nSPS) is 19.1. The molecular weight excluding hydrogens is 1500 g/mol. The maximum atomic E-state index is 13.8. The Kier molecular flexibility index (Phi) is 38.4. The van der Waals surface area contributed by atoms with E-state index >= 15 is 0 Å². The summed E-state index contributed by atoms with van der Waals surface area (Å²) in [6, 6.07) is 34.0. The summed E-state index contributed by atoms with van der Waals surface area (Å²) in [7, 11) is -3.50. The number of nitrogens with one attached hydrogen (secondary N) is 4. The fourth-order valence-electron chi connectivity index (χ4n) is 15.3. The molecule has 9 rings (SSSR count). The van der Waals surface area contributed by atoms with Gasteiger partial charge in [-0.3, -0.25) is 47.9 Å². The smallest absolute Gasteiger partial charge is 0.427 e. The molecule has 2 bridgehead atoms. The second-order valence-electron chi connectivity index (χ2n) is 33.1. The van der Waals surface area contributed by atoms with Gasteiger partial charge < -0.3 is 73.6 Å². The Bertz CT molecular complexity index is 4020. The molecule has 1 heterocycles. The van der Waals surface area contributed by atoms with Crippen LogP contribution in [0.3, 0.4) is 0 Å². The summed E-state index contributed by atoms with van der Waals surface area (Å²) >= 11 is 12.0. The summed E-state index contributed by atoms with van der Waals surface area (Å²) < 4.78 is 13.1. The van der Waals surface area contributed by atoms with E-state index in [9.17, 15) is 58.0 Å². The third-order valence-electron chi connectivity index (χ3n) is 22.5. The fourth-order valence-corrected chi connectivity index (χ4v) is 15.6. The summed E-state index contributed by atoms with van der Waals surface area (Å²) in [5.74, 6) is -6.39. The van der Waals surface area contributed by atoms with Gasteiger partial charge in [0.05, 0.1) is 35.9 Å². The zero-order valence-electron chi connectivity index (χ0n) is 68.5. The lowest BCUT2D eigenvalue weighted by Crippen LogP contribution is -2.65. The Hall–Kier alpha value is -7.63. The highest BCUT2D eigenvalue weighted by Gasteiger charge is 2.68. The number of benzene rings is 5. The lowest BCUT2D eigenvalue weighted by atomic mass is 9.43. The fraction of sp³-hybridized carbons (Fsp3) is 0.535. The molecule has 4 fully saturated rings. The van der Waals surface area contributed by atoms with E-state index in [1.165, 1.54) is 6.92 Å². The molecule has 115 heavy (non-hydrogen) atoms. The van der Waals surface area contributed by atoms with Crippen molar-refractivity contribution in [2.75, 3.05) is 26.2 Å².